The molecule has 0 fully saturated rings. The SMILES string of the molecule is CCSc1nnc(SCC(=O)N[C@@H](Cc2ccccc2)c2ccccc2)s1. The van der Waals surface area contributed by atoms with E-state index in [1.807, 2.05) is 36.4 Å². The van der Waals surface area contributed by atoms with E-state index in [0.717, 1.165) is 26.4 Å². The number of aromatic nitrogens is 2. The lowest BCUT2D eigenvalue weighted by Gasteiger charge is -2.19. The van der Waals surface area contributed by atoms with Crippen molar-refractivity contribution in [3.63, 3.8) is 0 Å². The van der Waals surface area contributed by atoms with Gasteiger partial charge < -0.3 is 5.32 Å². The second-order valence-corrected chi connectivity index (χ2v) is 9.49. The molecule has 3 rings (SSSR count). The summed E-state index contributed by atoms with van der Waals surface area (Å²) in [6.45, 7) is 2.09. The molecule has 1 heterocycles. The van der Waals surface area contributed by atoms with Crippen molar-refractivity contribution in [2.24, 2.45) is 0 Å². The molecule has 0 saturated heterocycles. The Morgan fingerprint density at radius 3 is 2.30 bits per heavy atom. The molecule has 0 radical (unpaired) electrons. The summed E-state index contributed by atoms with van der Waals surface area (Å²) >= 11 is 4.65. The summed E-state index contributed by atoms with van der Waals surface area (Å²) < 4.78 is 1.78. The molecular weight excluding hydrogens is 394 g/mol. The second-order valence-electron chi connectivity index (χ2n) is 5.78. The van der Waals surface area contributed by atoms with Crippen LogP contribution in [0, 0.1) is 0 Å². The number of hydrogen-bond donors (Lipinski definition) is 1. The molecule has 0 aliphatic carbocycles. The van der Waals surface area contributed by atoms with Gasteiger partial charge in [-0.1, -0.05) is 102 Å². The van der Waals surface area contributed by atoms with Gasteiger partial charge >= 0.3 is 0 Å². The lowest BCUT2D eigenvalue weighted by Crippen LogP contribution is -2.31. The van der Waals surface area contributed by atoms with E-state index in [1.54, 1.807) is 23.1 Å². The highest BCUT2D eigenvalue weighted by molar-refractivity contribution is 8.03. The molecule has 0 spiro atoms. The quantitative estimate of drug-likeness (QED) is 0.507. The number of carbonyl (C=O) groups excluding carboxylic acids is 1. The molecule has 3 aromatic rings. The predicted octanol–water partition coefficient (Wildman–Crippen LogP) is 4.84. The number of nitrogens with one attached hydrogen (secondary N) is 1. The van der Waals surface area contributed by atoms with Crippen LogP contribution in [0.1, 0.15) is 24.1 Å². The van der Waals surface area contributed by atoms with Gasteiger partial charge in [-0.15, -0.1) is 10.2 Å². The van der Waals surface area contributed by atoms with E-state index in [2.05, 4.69) is 46.7 Å². The van der Waals surface area contributed by atoms with Gasteiger partial charge in [0.2, 0.25) is 5.91 Å². The van der Waals surface area contributed by atoms with Crippen LogP contribution in [-0.4, -0.2) is 27.6 Å². The molecule has 1 amide bonds. The van der Waals surface area contributed by atoms with Crippen LogP contribution < -0.4 is 5.32 Å². The Morgan fingerprint density at radius 2 is 1.63 bits per heavy atom. The number of hydrogen-bond acceptors (Lipinski definition) is 6. The van der Waals surface area contributed by atoms with Gasteiger partial charge in [0.05, 0.1) is 11.8 Å². The molecule has 140 valence electrons. The van der Waals surface area contributed by atoms with Crippen LogP contribution in [0.15, 0.2) is 69.3 Å². The Hall–Kier alpha value is -1.83. The lowest BCUT2D eigenvalue weighted by atomic mass is 9.99. The first-order valence-corrected chi connectivity index (χ1v) is 11.5. The van der Waals surface area contributed by atoms with Crippen molar-refractivity contribution in [3.05, 3.63) is 71.8 Å². The minimum absolute atomic E-state index is 0.00433. The molecule has 0 aliphatic heterocycles. The van der Waals surface area contributed by atoms with E-state index in [9.17, 15) is 4.79 Å². The molecular formula is C20H21N3OS3. The molecule has 0 saturated carbocycles. The average Bonchev–Trinajstić information content (AvgIpc) is 3.15. The Bertz CT molecular complexity index is 840. The summed E-state index contributed by atoms with van der Waals surface area (Å²) in [6, 6.07) is 20.3. The number of carbonyl (C=O) groups is 1. The van der Waals surface area contributed by atoms with Crippen LogP contribution in [0.2, 0.25) is 0 Å². The molecule has 0 unspecified atom stereocenters. The van der Waals surface area contributed by atoms with E-state index >= 15 is 0 Å². The monoisotopic (exact) mass is 415 g/mol. The van der Waals surface area contributed by atoms with E-state index < -0.39 is 0 Å². The van der Waals surface area contributed by atoms with Crippen LogP contribution in [0.5, 0.6) is 0 Å². The van der Waals surface area contributed by atoms with Gasteiger partial charge in [0.15, 0.2) is 8.68 Å². The maximum Gasteiger partial charge on any atom is 0.230 e. The Labute approximate surface area is 172 Å². The zero-order chi connectivity index (χ0) is 18.9. The largest absolute Gasteiger partial charge is 0.348 e. The first-order chi connectivity index (χ1) is 13.2. The van der Waals surface area contributed by atoms with Gasteiger partial charge in [0, 0.05) is 0 Å². The maximum absolute atomic E-state index is 12.5. The summed E-state index contributed by atoms with van der Waals surface area (Å²) in [4.78, 5) is 12.5. The third-order valence-electron chi connectivity index (χ3n) is 3.80. The van der Waals surface area contributed by atoms with Crippen LogP contribution in [0.4, 0.5) is 0 Å². The number of amides is 1. The summed E-state index contributed by atoms with van der Waals surface area (Å²) in [5.41, 5.74) is 2.31. The second kappa shape index (κ2) is 10.5. The highest BCUT2D eigenvalue weighted by Crippen LogP contribution is 2.28. The molecule has 27 heavy (non-hydrogen) atoms. The summed E-state index contributed by atoms with van der Waals surface area (Å²) in [5.74, 6) is 1.31. The normalized spacial score (nSPS) is 11.9. The highest BCUT2D eigenvalue weighted by atomic mass is 32.2. The number of nitrogens with zero attached hydrogens (tertiary/aromatic N) is 2. The maximum atomic E-state index is 12.5. The number of thioether (sulfide) groups is 2. The molecule has 0 aliphatic rings. The van der Waals surface area contributed by atoms with Gasteiger partial charge in [0.25, 0.3) is 0 Å². The number of benzene rings is 2. The minimum atomic E-state index is -0.0534. The molecule has 1 N–H and O–H groups in total. The first-order valence-electron chi connectivity index (χ1n) is 8.72. The topological polar surface area (TPSA) is 54.9 Å². The Morgan fingerprint density at radius 1 is 1.00 bits per heavy atom. The Kier molecular flexibility index (Phi) is 7.74. The molecule has 1 aromatic heterocycles. The van der Waals surface area contributed by atoms with Crippen molar-refractivity contribution in [1.82, 2.24) is 15.5 Å². The van der Waals surface area contributed by atoms with Crippen LogP contribution >= 0.6 is 34.9 Å². The smallest absolute Gasteiger partial charge is 0.230 e. The zero-order valence-electron chi connectivity index (χ0n) is 15.0. The fourth-order valence-corrected chi connectivity index (χ4v) is 5.32. The molecule has 0 bridgehead atoms. The number of rotatable bonds is 9. The third kappa shape index (κ3) is 6.37. The Balaban J connectivity index is 1.61. The van der Waals surface area contributed by atoms with Crippen molar-refractivity contribution in [2.75, 3.05) is 11.5 Å². The van der Waals surface area contributed by atoms with E-state index in [4.69, 9.17) is 0 Å². The van der Waals surface area contributed by atoms with Gasteiger partial charge in [-0.25, -0.2) is 0 Å². The summed E-state index contributed by atoms with van der Waals surface area (Å²) in [5, 5.41) is 11.4. The molecule has 1 atom stereocenters. The average molecular weight is 416 g/mol. The molecule has 7 heteroatoms. The van der Waals surface area contributed by atoms with Crippen LogP contribution in [-0.2, 0) is 11.2 Å². The molecule has 2 aromatic carbocycles. The summed E-state index contributed by atoms with van der Waals surface area (Å²) in [6.07, 6.45) is 0.761. The van der Waals surface area contributed by atoms with Crippen molar-refractivity contribution < 1.29 is 4.79 Å². The van der Waals surface area contributed by atoms with Crippen molar-refractivity contribution in [3.8, 4) is 0 Å². The van der Waals surface area contributed by atoms with Gasteiger partial charge in [0.1, 0.15) is 0 Å². The zero-order valence-corrected chi connectivity index (χ0v) is 17.4. The van der Waals surface area contributed by atoms with Crippen molar-refractivity contribution >= 4 is 40.8 Å². The highest BCUT2D eigenvalue weighted by Gasteiger charge is 2.16. The predicted molar refractivity (Wildman–Crippen MR) is 115 cm³/mol. The van der Waals surface area contributed by atoms with Crippen molar-refractivity contribution in [1.29, 1.82) is 0 Å². The van der Waals surface area contributed by atoms with Crippen LogP contribution in [0.25, 0.3) is 0 Å². The fraction of sp³-hybridized carbons (Fsp3) is 0.250. The van der Waals surface area contributed by atoms with Gasteiger partial charge in [-0.05, 0) is 23.3 Å². The summed E-state index contributed by atoms with van der Waals surface area (Å²) in [7, 11) is 0. The molecule has 4 nitrogen and oxygen atoms in total. The van der Waals surface area contributed by atoms with E-state index in [0.29, 0.717) is 5.75 Å². The van der Waals surface area contributed by atoms with Gasteiger partial charge in [-0.3, -0.25) is 4.79 Å². The van der Waals surface area contributed by atoms with E-state index in [-0.39, 0.29) is 11.9 Å². The third-order valence-corrected chi connectivity index (χ3v) is 6.87. The first kappa shape index (κ1) is 19.9. The standard InChI is InChI=1S/C20H21N3OS3/c1-2-25-19-22-23-20(27-19)26-14-18(24)21-17(16-11-7-4-8-12-16)13-15-9-5-3-6-10-15/h3-12,17H,2,13-14H2,1H3,(H,21,24)/t17-/m0/s1. The van der Waals surface area contributed by atoms with Crippen LogP contribution in [0.3, 0.4) is 0 Å². The minimum Gasteiger partial charge on any atom is -0.348 e. The van der Waals surface area contributed by atoms with Crippen molar-refractivity contribution in [2.45, 2.75) is 28.1 Å². The van der Waals surface area contributed by atoms with E-state index in [1.165, 1.54) is 17.3 Å². The fourth-order valence-electron chi connectivity index (χ4n) is 2.59. The lowest BCUT2D eigenvalue weighted by molar-refractivity contribution is -0.119. The van der Waals surface area contributed by atoms with Gasteiger partial charge in [-0.2, -0.15) is 0 Å².